The topological polar surface area (TPSA) is 112 Å². The van der Waals surface area contributed by atoms with Crippen molar-refractivity contribution in [3.8, 4) is 11.5 Å². The van der Waals surface area contributed by atoms with Crippen LogP contribution in [0.4, 0.5) is 11.5 Å². The summed E-state index contributed by atoms with van der Waals surface area (Å²) in [5.74, 6) is 1.35. The van der Waals surface area contributed by atoms with Crippen LogP contribution in [0.25, 0.3) is 10.9 Å². The highest BCUT2D eigenvalue weighted by Gasteiger charge is 2.33. The second kappa shape index (κ2) is 14.3. The third kappa shape index (κ3) is 7.60. The van der Waals surface area contributed by atoms with Crippen molar-refractivity contribution in [1.29, 1.82) is 0 Å². The van der Waals surface area contributed by atoms with Crippen LogP contribution >= 0.6 is 15.9 Å². The average Bonchev–Trinajstić information content (AvgIpc) is 2.95. The number of nitrogens with zero attached hydrogens (tertiary/aromatic N) is 3. The van der Waals surface area contributed by atoms with Gasteiger partial charge in [0.25, 0.3) is 0 Å². The number of rotatable bonds is 12. The number of anilines is 2. The number of methoxy groups -OCH3 is 1. The Balaban J connectivity index is 1.43. The van der Waals surface area contributed by atoms with Crippen molar-refractivity contribution in [2.45, 2.75) is 39.2 Å². The molecular weight excluding hydrogens is 580 g/mol. The van der Waals surface area contributed by atoms with Crippen LogP contribution in [-0.2, 0) is 19.1 Å². The molecule has 2 aromatic carbocycles. The van der Waals surface area contributed by atoms with E-state index in [1.54, 1.807) is 21.0 Å². The lowest BCUT2D eigenvalue weighted by atomic mass is 9.96. The van der Waals surface area contributed by atoms with Crippen LogP contribution in [0.5, 0.6) is 11.5 Å². The smallest absolute Gasteiger partial charge is 0.323 e. The molecule has 11 heteroatoms. The highest BCUT2D eigenvalue weighted by molar-refractivity contribution is 9.10. The van der Waals surface area contributed by atoms with E-state index >= 15 is 0 Å². The van der Waals surface area contributed by atoms with Crippen LogP contribution in [0.1, 0.15) is 33.1 Å². The number of hydrogen-bond acceptors (Lipinski definition) is 10. The van der Waals surface area contributed by atoms with Gasteiger partial charge in [0.1, 0.15) is 18.2 Å². The third-order valence-electron chi connectivity index (χ3n) is 6.80. The number of benzene rings is 2. The Morgan fingerprint density at radius 1 is 1.07 bits per heavy atom. The molecule has 1 fully saturated rings. The summed E-state index contributed by atoms with van der Waals surface area (Å²) < 4.78 is 23.2. The largest absolute Gasteiger partial charge is 0.493 e. The van der Waals surface area contributed by atoms with Gasteiger partial charge in [0.2, 0.25) is 0 Å². The fraction of sp³-hybridized carbons (Fsp3) is 0.448. The van der Waals surface area contributed by atoms with E-state index in [1.807, 2.05) is 41.3 Å². The van der Waals surface area contributed by atoms with Gasteiger partial charge in [0.15, 0.2) is 11.5 Å². The van der Waals surface area contributed by atoms with Crippen molar-refractivity contribution in [2.75, 3.05) is 45.3 Å². The molecule has 0 radical (unpaired) electrons. The molecule has 1 aromatic heterocycles. The average molecular weight is 616 g/mol. The van der Waals surface area contributed by atoms with Crippen molar-refractivity contribution in [1.82, 2.24) is 14.9 Å². The van der Waals surface area contributed by atoms with Crippen LogP contribution in [-0.4, -0.2) is 72.9 Å². The molecular formula is C29H35BrN4O6. The monoisotopic (exact) mass is 614 g/mol. The van der Waals surface area contributed by atoms with Crippen molar-refractivity contribution in [3.05, 3.63) is 47.2 Å². The van der Waals surface area contributed by atoms with E-state index in [-0.39, 0.29) is 31.5 Å². The summed E-state index contributed by atoms with van der Waals surface area (Å²) in [7, 11) is 1.60. The molecule has 2 heterocycles. The first-order valence-electron chi connectivity index (χ1n) is 13.5. The first kappa shape index (κ1) is 29.5. The quantitative estimate of drug-likeness (QED) is 0.276. The number of esters is 2. The van der Waals surface area contributed by atoms with Crippen LogP contribution in [0.15, 0.2) is 47.2 Å². The minimum absolute atomic E-state index is 0.0134. The van der Waals surface area contributed by atoms with E-state index < -0.39 is 12.0 Å². The Kier molecular flexibility index (Phi) is 10.5. The lowest BCUT2D eigenvalue weighted by molar-refractivity contribution is -0.157. The predicted molar refractivity (Wildman–Crippen MR) is 155 cm³/mol. The molecule has 1 unspecified atom stereocenters. The number of ether oxygens (including phenoxy) is 4. The molecule has 1 atom stereocenters. The predicted octanol–water partition coefficient (Wildman–Crippen LogP) is 5.12. The summed E-state index contributed by atoms with van der Waals surface area (Å²) >= 11 is 3.50. The second-order valence-electron chi connectivity index (χ2n) is 9.45. The maximum atomic E-state index is 12.6. The van der Waals surface area contributed by atoms with Gasteiger partial charge in [-0.3, -0.25) is 14.5 Å². The van der Waals surface area contributed by atoms with Gasteiger partial charge in [-0.1, -0.05) is 22.0 Å². The number of fused-ring (bicyclic) bond motifs is 1. The maximum absolute atomic E-state index is 12.6. The van der Waals surface area contributed by atoms with E-state index in [9.17, 15) is 9.59 Å². The lowest BCUT2D eigenvalue weighted by Gasteiger charge is -2.35. The minimum atomic E-state index is -0.641. The van der Waals surface area contributed by atoms with Gasteiger partial charge >= 0.3 is 11.9 Å². The van der Waals surface area contributed by atoms with Crippen molar-refractivity contribution >= 4 is 50.3 Å². The molecule has 4 rings (SSSR count). The standard InChI is InChI=1S/C29H35BrN4O6/c1-4-38-27(35)16-24(29(36)39-5-2)34-11-9-19(10-12-34)17-40-26-14-22-23(15-25(26)37-3)31-18-32-28(22)33-21-8-6-7-20(30)13-21/h6-8,13-15,18-19,24H,4-5,9-12,16-17H2,1-3H3,(H,31,32,33). The summed E-state index contributed by atoms with van der Waals surface area (Å²) in [6.45, 7) is 5.84. The highest BCUT2D eigenvalue weighted by Crippen LogP contribution is 2.35. The number of halogens is 1. The van der Waals surface area contributed by atoms with Gasteiger partial charge < -0.3 is 24.3 Å². The summed E-state index contributed by atoms with van der Waals surface area (Å²) in [5.41, 5.74) is 1.63. The number of aromatic nitrogens is 2. The third-order valence-corrected chi connectivity index (χ3v) is 7.29. The summed E-state index contributed by atoms with van der Waals surface area (Å²) in [4.78, 5) is 35.6. The number of carbonyl (C=O) groups is 2. The number of piperidine rings is 1. The zero-order valence-corrected chi connectivity index (χ0v) is 24.6. The molecule has 0 saturated carbocycles. The Bertz CT molecular complexity index is 1310. The normalized spacial score (nSPS) is 14.9. The van der Waals surface area contributed by atoms with Gasteiger partial charge in [-0.05, 0) is 70.0 Å². The van der Waals surface area contributed by atoms with Gasteiger partial charge in [-0.2, -0.15) is 0 Å². The Labute approximate surface area is 242 Å². The molecule has 0 spiro atoms. The van der Waals surface area contributed by atoms with Gasteiger partial charge in [-0.25, -0.2) is 9.97 Å². The minimum Gasteiger partial charge on any atom is -0.493 e. The molecule has 1 saturated heterocycles. The second-order valence-corrected chi connectivity index (χ2v) is 10.4. The Morgan fingerprint density at radius 3 is 2.55 bits per heavy atom. The number of carbonyl (C=O) groups excluding carboxylic acids is 2. The number of likely N-dealkylation sites (tertiary alicyclic amines) is 1. The molecule has 10 nitrogen and oxygen atoms in total. The van der Waals surface area contributed by atoms with E-state index in [2.05, 4.69) is 31.2 Å². The molecule has 0 amide bonds. The molecule has 0 bridgehead atoms. The van der Waals surface area contributed by atoms with Crippen LogP contribution in [0, 0.1) is 5.92 Å². The summed E-state index contributed by atoms with van der Waals surface area (Å²) in [6, 6.07) is 11.0. The molecule has 3 aromatic rings. The Morgan fingerprint density at radius 2 is 1.85 bits per heavy atom. The molecule has 0 aliphatic carbocycles. The van der Waals surface area contributed by atoms with Crippen LogP contribution in [0.2, 0.25) is 0 Å². The van der Waals surface area contributed by atoms with E-state index in [0.29, 0.717) is 37.0 Å². The zero-order valence-electron chi connectivity index (χ0n) is 23.0. The molecule has 1 aliphatic heterocycles. The summed E-state index contributed by atoms with van der Waals surface area (Å²) in [6.07, 6.45) is 3.13. The first-order valence-corrected chi connectivity index (χ1v) is 14.3. The lowest BCUT2D eigenvalue weighted by Crippen LogP contribution is -2.48. The molecule has 214 valence electrons. The zero-order chi connectivity index (χ0) is 28.5. The van der Waals surface area contributed by atoms with E-state index in [4.69, 9.17) is 18.9 Å². The highest BCUT2D eigenvalue weighted by atomic mass is 79.9. The maximum Gasteiger partial charge on any atom is 0.323 e. The van der Waals surface area contributed by atoms with E-state index in [0.717, 1.165) is 33.9 Å². The van der Waals surface area contributed by atoms with Gasteiger partial charge in [0.05, 0.1) is 38.9 Å². The molecule has 1 N–H and O–H groups in total. The fourth-order valence-electron chi connectivity index (χ4n) is 4.76. The van der Waals surface area contributed by atoms with Gasteiger partial charge in [-0.15, -0.1) is 0 Å². The van der Waals surface area contributed by atoms with Crippen molar-refractivity contribution in [3.63, 3.8) is 0 Å². The fourth-order valence-corrected chi connectivity index (χ4v) is 5.15. The first-order chi connectivity index (χ1) is 19.4. The molecule has 1 aliphatic rings. The Hall–Kier alpha value is -3.44. The SMILES string of the molecule is CCOC(=O)CC(C(=O)OCC)N1CCC(COc2cc3c(Nc4cccc(Br)c4)ncnc3cc2OC)CC1. The summed E-state index contributed by atoms with van der Waals surface area (Å²) in [5, 5.41) is 4.17. The van der Waals surface area contributed by atoms with Crippen LogP contribution < -0.4 is 14.8 Å². The van der Waals surface area contributed by atoms with Crippen LogP contribution in [0.3, 0.4) is 0 Å². The number of nitrogens with one attached hydrogen (secondary N) is 1. The van der Waals surface area contributed by atoms with Crippen molar-refractivity contribution in [2.24, 2.45) is 5.92 Å². The van der Waals surface area contributed by atoms with Crippen molar-refractivity contribution < 1.29 is 28.5 Å². The number of hydrogen-bond donors (Lipinski definition) is 1. The molecule has 40 heavy (non-hydrogen) atoms. The van der Waals surface area contributed by atoms with Gasteiger partial charge in [0, 0.05) is 21.6 Å². The van der Waals surface area contributed by atoms with E-state index in [1.165, 1.54) is 6.33 Å².